The monoisotopic (exact) mass is 443 g/mol. The quantitative estimate of drug-likeness (QED) is 0.678. The lowest BCUT2D eigenvalue weighted by Crippen LogP contribution is -2.50. The first-order chi connectivity index (χ1) is 14.8. The van der Waals surface area contributed by atoms with E-state index in [1.807, 2.05) is 11.2 Å². The standard InChI is InChI=1S/C22H26FN5O2S/c1-22(15-24)5-7-26(8-6-22)20-17-13-16(23)3-4-19(17)25-14-18(20)21(29)27-9-11-28(12-10-27)31(2)30/h3-4,13-14H,5-12H2,1-2H3. The Morgan fingerprint density at radius 3 is 2.52 bits per heavy atom. The van der Waals surface area contributed by atoms with Crippen LogP contribution in [0.1, 0.15) is 30.1 Å². The minimum absolute atomic E-state index is 0.149. The fraction of sp³-hybridized carbons (Fsp3) is 0.500. The maximum Gasteiger partial charge on any atom is 0.257 e. The zero-order valence-corrected chi connectivity index (χ0v) is 18.6. The van der Waals surface area contributed by atoms with Crippen LogP contribution in [0.5, 0.6) is 0 Å². The second kappa shape index (κ2) is 8.61. The Balaban J connectivity index is 1.70. The summed E-state index contributed by atoms with van der Waals surface area (Å²) in [7, 11) is 0. The summed E-state index contributed by atoms with van der Waals surface area (Å²) in [6.07, 6.45) is 4.58. The fourth-order valence-corrected chi connectivity index (χ4v) is 4.98. The molecule has 0 aliphatic carbocycles. The Kier molecular flexibility index (Phi) is 6.06. The first-order valence-corrected chi connectivity index (χ1v) is 11.9. The van der Waals surface area contributed by atoms with Gasteiger partial charge in [-0.05, 0) is 38.0 Å². The Morgan fingerprint density at radius 2 is 1.90 bits per heavy atom. The van der Waals surface area contributed by atoms with Gasteiger partial charge in [-0.25, -0.2) is 4.39 Å². The van der Waals surface area contributed by atoms with E-state index < -0.39 is 11.4 Å². The second-order valence-corrected chi connectivity index (χ2v) is 9.85. The molecule has 3 heterocycles. The number of anilines is 1. The molecule has 9 heteroatoms. The topological polar surface area (TPSA) is 86.5 Å². The van der Waals surface area contributed by atoms with Gasteiger partial charge in [-0.3, -0.25) is 9.78 Å². The molecule has 164 valence electrons. The molecule has 2 fully saturated rings. The van der Waals surface area contributed by atoms with Crippen LogP contribution < -0.4 is 4.90 Å². The molecule has 0 saturated carbocycles. The van der Waals surface area contributed by atoms with Crippen molar-refractivity contribution in [3.8, 4) is 6.07 Å². The van der Waals surface area contributed by atoms with E-state index in [0.717, 1.165) is 0 Å². The average molecular weight is 444 g/mol. The van der Waals surface area contributed by atoms with Crippen molar-refractivity contribution in [2.75, 3.05) is 50.4 Å². The molecular formula is C22H26FN5O2S. The zero-order chi connectivity index (χ0) is 22.2. The van der Waals surface area contributed by atoms with Crippen LogP contribution >= 0.6 is 0 Å². The summed E-state index contributed by atoms with van der Waals surface area (Å²) < 4.78 is 27.7. The molecule has 0 N–H and O–H groups in total. The summed E-state index contributed by atoms with van der Waals surface area (Å²) in [6, 6.07) is 6.83. The number of hydrogen-bond donors (Lipinski definition) is 0. The number of nitrogens with zero attached hydrogens (tertiary/aromatic N) is 5. The number of fused-ring (bicyclic) bond motifs is 1. The van der Waals surface area contributed by atoms with E-state index in [4.69, 9.17) is 0 Å². The number of pyridine rings is 1. The predicted molar refractivity (Wildman–Crippen MR) is 118 cm³/mol. The third-order valence-corrected chi connectivity index (χ3v) is 7.47. The first kappa shape index (κ1) is 21.8. The molecule has 7 nitrogen and oxygen atoms in total. The van der Waals surface area contributed by atoms with E-state index in [2.05, 4.69) is 16.0 Å². The molecule has 4 rings (SSSR count). The van der Waals surface area contributed by atoms with Gasteiger partial charge in [0.1, 0.15) is 12.1 Å². The van der Waals surface area contributed by atoms with Crippen molar-refractivity contribution in [1.82, 2.24) is 14.2 Å². The molecule has 2 aliphatic heterocycles. The van der Waals surface area contributed by atoms with Gasteiger partial charge in [-0.15, -0.1) is 4.31 Å². The highest BCUT2D eigenvalue weighted by Crippen LogP contribution is 2.37. The SMILES string of the molecule is C[S+]([O-])N1CCN(C(=O)c2cnc3ccc(F)cc3c2N2CCC(C)(C#N)CC2)CC1. The van der Waals surface area contributed by atoms with Crippen molar-refractivity contribution >= 4 is 33.9 Å². The van der Waals surface area contributed by atoms with Crippen molar-refractivity contribution in [2.24, 2.45) is 5.41 Å². The molecule has 1 amide bonds. The Bertz CT molecular complexity index is 1020. The van der Waals surface area contributed by atoms with E-state index in [1.165, 1.54) is 12.1 Å². The maximum absolute atomic E-state index is 14.1. The van der Waals surface area contributed by atoms with Crippen molar-refractivity contribution in [3.05, 3.63) is 35.8 Å². The van der Waals surface area contributed by atoms with Crippen molar-refractivity contribution in [2.45, 2.75) is 19.8 Å². The van der Waals surface area contributed by atoms with Crippen LogP contribution in [0.15, 0.2) is 24.4 Å². The van der Waals surface area contributed by atoms with Gasteiger partial charge in [0.15, 0.2) is 0 Å². The van der Waals surface area contributed by atoms with Gasteiger partial charge in [-0.1, -0.05) is 0 Å². The molecular weight excluding hydrogens is 417 g/mol. The summed E-state index contributed by atoms with van der Waals surface area (Å²) in [6.45, 7) is 5.23. The third kappa shape index (κ3) is 4.33. The first-order valence-electron chi connectivity index (χ1n) is 10.4. The zero-order valence-electron chi connectivity index (χ0n) is 17.8. The van der Waals surface area contributed by atoms with Gasteiger partial charge < -0.3 is 14.4 Å². The fourth-order valence-electron chi connectivity index (χ4n) is 4.30. The largest absolute Gasteiger partial charge is 0.598 e. The van der Waals surface area contributed by atoms with Gasteiger partial charge in [0, 0.05) is 49.1 Å². The van der Waals surface area contributed by atoms with E-state index in [-0.39, 0.29) is 17.1 Å². The number of carbonyl (C=O) groups excluding carboxylic acids is 1. The van der Waals surface area contributed by atoms with Crippen LogP contribution in [0.2, 0.25) is 0 Å². The number of hydrogen-bond acceptors (Lipinski definition) is 6. The molecule has 2 aromatic rings. The average Bonchev–Trinajstić information content (AvgIpc) is 2.78. The lowest BCUT2D eigenvalue weighted by molar-refractivity contribution is 0.0698. The summed E-state index contributed by atoms with van der Waals surface area (Å²) >= 11 is -1.06. The van der Waals surface area contributed by atoms with E-state index in [0.29, 0.717) is 74.3 Å². The van der Waals surface area contributed by atoms with Gasteiger partial charge in [0.25, 0.3) is 5.91 Å². The Morgan fingerprint density at radius 1 is 1.23 bits per heavy atom. The molecule has 2 aliphatic rings. The summed E-state index contributed by atoms with van der Waals surface area (Å²) in [5, 5.41) is 10.1. The summed E-state index contributed by atoms with van der Waals surface area (Å²) in [5.74, 6) is -0.526. The van der Waals surface area contributed by atoms with Crippen molar-refractivity contribution in [1.29, 1.82) is 5.26 Å². The van der Waals surface area contributed by atoms with Gasteiger partial charge in [0.05, 0.1) is 41.3 Å². The Hall–Kier alpha value is -2.41. The van der Waals surface area contributed by atoms with Crippen LogP contribution in [0, 0.1) is 22.6 Å². The minimum atomic E-state index is -1.06. The Labute approximate surface area is 184 Å². The summed E-state index contributed by atoms with van der Waals surface area (Å²) in [4.78, 5) is 21.7. The number of piperidine rings is 1. The molecule has 1 aromatic carbocycles. The van der Waals surface area contributed by atoms with Gasteiger partial charge in [0.2, 0.25) is 0 Å². The number of amides is 1. The molecule has 0 radical (unpaired) electrons. The maximum atomic E-state index is 14.1. The second-order valence-electron chi connectivity index (χ2n) is 8.49. The van der Waals surface area contributed by atoms with E-state index in [9.17, 15) is 19.0 Å². The van der Waals surface area contributed by atoms with Crippen LogP contribution in [0.4, 0.5) is 10.1 Å². The van der Waals surface area contributed by atoms with Crippen molar-refractivity contribution < 1.29 is 13.7 Å². The number of carbonyl (C=O) groups is 1. The van der Waals surface area contributed by atoms with Gasteiger partial charge >= 0.3 is 0 Å². The van der Waals surface area contributed by atoms with E-state index >= 15 is 0 Å². The number of halogens is 1. The molecule has 1 aromatic heterocycles. The predicted octanol–water partition coefficient (Wildman–Crippen LogP) is 2.56. The highest BCUT2D eigenvalue weighted by atomic mass is 32.2. The molecule has 1 atom stereocenters. The minimum Gasteiger partial charge on any atom is -0.598 e. The number of aromatic nitrogens is 1. The summed E-state index contributed by atoms with van der Waals surface area (Å²) in [5.41, 5.74) is 1.38. The number of nitriles is 1. The van der Waals surface area contributed by atoms with Crippen molar-refractivity contribution in [3.63, 3.8) is 0 Å². The van der Waals surface area contributed by atoms with E-state index in [1.54, 1.807) is 23.4 Å². The number of benzene rings is 1. The van der Waals surface area contributed by atoms with Gasteiger partial charge in [-0.2, -0.15) is 5.26 Å². The van der Waals surface area contributed by atoms with Crippen LogP contribution in [-0.2, 0) is 11.4 Å². The van der Waals surface area contributed by atoms with Crippen LogP contribution in [-0.4, -0.2) is 70.2 Å². The highest BCUT2D eigenvalue weighted by Gasteiger charge is 2.34. The highest BCUT2D eigenvalue weighted by molar-refractivity contribution is 7.88. The number of rotatable bonds is 3. The normalized spacial score (nSPS) is 20.5. The molecule has 2 saturated heterocycles. The molecule has 0 bridgehead atoms. The smallest absolute Gasteiger partial charge is 0.257 e. The third-order valence-electron chi connectivity index (χ3n) is 6.37. The molecule has 1 unspecified atom stereocenters. The molecule has 0 spiro atoms. The molecule has 31 heavy (non-hydrogen) atoms. The van der Waals surface area contributed by atoms with Crippen LogP contribution in [0.25, 0.3) is 10.9 Å². The lowest BCUT2D eigenvalue weighted by Gasteiger charge is -2.38. The number of piperazine rings is 1. The lowest BCUT2D eigenvalue weighted by atomic mass is 9.81. The van der Waals surface area contributed by atoms with Crippen LogP contribution in [0.3, 0.4) is 0 Å².